The number of hydrogen-bond acceptors (Lipinski definition) is 8. The average Bonchev–Trinajstić information content (AvgIpc) is 3.59. The molecule has 1 aromatic carbocycles. The fourth-order valence-corrected chi connectivity index (χ4v) is 8.97. The van der Waals surface area contributed by atoms with Gasteiger partial charge in [-0.2, -0.15) is 4.31 Å². The molecule has 2 saturated heterocycles. The van der Waals surface area contributed by atoms with Crippen LogP contribution in [0.15, 0.2) is 28.5 Å². The Morgan fingerprint density at radius 2 is 1.85 bits per heavy atom. The Morgan fingerprint density at radius 3 is 2.53 bits per heavy atom. The van der Waals surface area contributed by atoms with Crippen LogP contribution in [-0.2, 0) is 14.8 Å². The van der Waals surface area contributed by atoms with Crippen molar-refractivity contribution < 1.29 is 17.9 Å². The Labute approximate surface area is 215 Å². The molecule has 5 rings (SSSR count). The zero-order valence-electron chi connectivity index (χ0n) is 18.2. The smallest absolute Gasteiger partial charge is 0.253 e. The number of carbonyl (C=O) groups excluding carboxylic acids is 1. The largest absolute Gasteiger partial charge is 0.494 e. The van der Waals surface area contributed by atoms with Gasteiger partial charge in [-0.3, -0.25) is 4.79 Å². The first-order chi connectivity index (χ1) is 16.3. The SMILES string of the molecule is COc1ccc(Cl)c2sc(N3CCN(C(=O)C4CCCN4S(=O)(=O)c4ccc(Cl)s4)CC3)nc12. The highest BCUT2D eigenvalue weighted by Crippen LogP contribution is 2.39. The summed E-state index contributed by atoms with van der Waals surface area (Å²) in [5.74, 6) is 0.530. The first-order valence-electron chi connectivity index (χ1n) is 10.7. The zero-order valence-corrected chi connectivity index (χ0v) is 22.2. The summed E-state index contributed by atoms with van der Waals surface area (Å²) in [6, 6.07) is 5.99. The van der Waals surface area contributed by atoms with Crippen LogP contribution in [0, 0.1) is 0 Å². The molecule has 3 aromatic rings. The Balaban J connectivity index is 1.29. The first-order valence-corrected chi connectivity index (χ1v) is 14.6. The molecule has 0 aliphatic carbocycles. The van der Waals surface area contributed by atoms with Crippen molar-refractivity contribution in [1.82, 2.24) is 14.2 Å². The molecule has 1 amide bonds. The van der Waals surface area contributed by atoms with Crippen LogP contribution >= 0.6 is 45.9 Å². The minimum atomic E-state index is -3.75. The molecule has 2 aliphatic heterocycles. The lowest BCUT2D eigenvalue weighted by atomic mass is 10.2. The molecule has 182 valence electrons. The Bertz CT molecular complexity index is 1330. The van der Waals surface area contributed by atoms with Crippen molar-refractivity contribution in [2.24, 2.45) is 0 Å². The van der Waals surface area contributed by atoms with Crippen molar-refractivity contribution in [3.05, 3.63) is 33.6 Å². The van der Waals surface area contributed by atoms with Crippen LogP contribution in [0.1, 0.15) is 12.8 Å². The van der Waals surface area contributed by atoms with E-state index in [4.69, 9.17) is 32.9 Å². The molecule has 0 radical (unpaired) electrons. The van der Waals surface area contributed by atoms with Crippen LogP contribution in [0.25, 0.3) is 10.2 Å². The molecule has 0 N–H and O–H groups in total. The topological polar surface area (TPSA) is 83.0 Å². The van der Waals surface area contributed by atoms with Crippen molar-refractivity contribution in [1.29, 1.82) is 0 Å². The van der Waals surface area contributed by atoms with Crippen molar-refractivity contribution in [3.8, 4) is 5.75 Å². The summed E-state index contributed by atoms with van der Waals surface area (Å²) in [6.45, 7) is 2.53. The summed E-state index contributed by atoms with van der Waals surface area (Å²) < 4.78 is 34.4. The van der Waals surface area contributed by atoms with Gasteiger partial charge in [-0.25, -0.2) is 13.4 Å². The van der Waals surface area contributed by atoms with Gasteiger partial charge in [0.2, 0.25) is 5.91 Å². The van der Waals surface area contributed by atoms with E-state index in [1.807, 2.05) is 0 Å². The lowest BCUT2D eigenvalue weighted by Gasteiger charge is -2.37. The number of nitrogens with zero attached hydrogens (tertiary/aromatic N) is 4. The van der Waals surface area contributed by atoms with E-state index < -0.39 is 16.1 Å². The number of halogens is 2. The number of aromatic nitrogens is 1. The third-order valence-corrected chi connectivity index (χ3v) is 11.3. The number of ether oxygens (including phenoxy) is 1. The second kappa shape index (κ2) is 9.44. The normalized spacial score (nSPS) is 19.8. The highest BCUT2D eigenvalue weighted by atomic mass is 35.5. The Morgan fingerprint density at radius 1 is 1.09 bits per heavy atom. The highest BCUT2D eigenvalue weighted by molar-refractivity contribution is 7.91. The molecule has 1 atom stereocenters. The van der Waals surface area contributed by atoms with E-state index in [1.165, 1.54) is 21.7 Å². The van der Waals surface area contributed by atoms with Gasteiger partial charge in [0.15, 0.2) is 5.13 Å². The van der Waals surface area contributed by atoms with E-state index in [-0.39, 0.29) is 10.1 Å². The number of sulfonamides is 1. The van der Waals surface area contributed by atoms with E-state index in [2.05, 4.69) is 4.90 Å². The van der Waals surface area contributed by atoms with Gasteiger partial charge >= 0.3 is 0 Å². The predicted octanol–water partition coefficient (Wildman–Crippen LogP) is 4.18. The molecule has 0 spiro atoms. The monoisotopic (exact) mass is 560 g/mol. The van der Waals surface area contributed by atoms with Crippen LogP contribution in [-0.4, -0.2) is 74.4 Å². The van der Waals surface area contributed by atoms with Crippen LogP contribution < -0.4 is 9.64 Å². The van der Waals surface area contributed by atoms with Crippen molar-refractivity contribution >= 4 is 77.2 Å². The van der Waals surface area contributed by atoms with Crippen molar-refractivity contribution in [2.75, 3.05) is 44.7 Å². The van der Waals surface area contributed by atoms with Gasteiger partial charge in [-0.05, 0) is 37.1 Å². The molecule has 2 aromatic heterocycles. The summed E-state index contributed by atoms with van der Waals surface area (Å²) in [5, 5.41) is 1.45. The molecule has 13 heteroatoms. The maximum Gasteiger partial charge on any atom is 0.253 e. The molecule has 2 aliphatic rings. The number of piperazine rings is 1. The first kappa shape index (κ1) is 24.1. The summed E-state index contributed by atoms with van der Waals surface area (Å²) in [5.41, 5.74) is 0.731. The van der Waals surface area contributed by atoms with Gasteiger partial charge in [0, 0.05) is 32.7 Å². The summed E-state index contributed by atoms with van der Waals surface area (Å²) in [6.07, 6.45) is 1.18. The standard InChI is InChI=1S/C21H22Cl2N4O4S3/c1-31-15-5-4-13(22)19-18(15)24-21(33-19)26-11-9-25(10-12-26)20(28)14-3-2-8-27(14)34(29,30)17-7-6-16(23)32-17/h4-7,14H,2-3,8-12H2,1H3. The lowest BCUT2D eigenvalue weighted by Crippen LogP contribution is -2.54. The predicted molar refractivity (Wildman–Crippen MR) is 136 cm³/mol. The maximum atomic E-state index is 13.3. The van der Waals surface area contributed by atoms with Crippen molar-refractivity contribution in [2.45, 2.75) is 23.1 Å². The molecule has 0 bridgehead atoms. The van der Waals surface area contributed by atoms with Crippen molar-refractivity contribution in [3.63, 3.8) is 0 Å². The minimum Gasteiger partial charge on any atom is -0.494 e. The fourth-order valence-electron chi connectivity index (χ4n) is 4.40. The second-order valence-electron chi connectivity index (χ2n) is 8.07. The van der Waals surface area contributed by atoms with E-state index in [0.717, 1.165) is 26.7 Å². The Hall–Kier alpha value is -1.63. The molecular formula is C21H22Cl2N4O4S3. The number of hydrogen-bond donors (Lipinski definition) is 0. The average molecular weight is 562 g/mol. The van der Waals surface area contributed by atoms with Gasteiger partial charge in [0.1, 0.15) is 21.5 Å². The third kappa shape index (κ3) is 4.27. The molecule has 34 heavy (non-hydrogen) atoms. The van der Waals surface area contributed by atoms with Gasteiger partial charge in [-0.15, -0.1) is 11.3 Å². The van der Waals surface area contributed by atoms with Gasteiger partial charge < -0.3 is 14.5 Å². The van der Waals surface area contributed by atoms with Gasteiger partial charge in [0.25, 0.3) is 10.0 Å². The summed E-state index contributed by atoms with van der Waals surface area (Å²) in [4.78, 5) is 22.0. The molecule has 1 unspecified atom stereocenters. The number of amides is 1. The van der Waals surface area contributed by atoms with Crippen LogP contribution in [0.2, 0.25) is 9.36 Å². The number of thiophene rings is 1. The number of anilines is 1. The number of benzene rings is 1. The van der Waals surface area contributed by atoms with Crippen LogP contribution in [0.5, 0.6) is 5.75 Å². The maximum absolute atomic E-state index is 13.3. The fraction of sp³-hybridized carbons (Fsp3) is 0.429. The molecule has 4 heterocycles. The number of methoxy groups -OCH3 is 1. The molecular weight excluding hydrogens is 539 g/mol. The quantitative estimate of drug-likeness (QED) is 0.465. The second-order valence-corrected chi connectivity index (χ2v) is 13.3. The lowest BCUT2D eigenvalue weighted by molar-refractivity contribution is -0.134. The van der Waals surface area contributed by atoms with Crippen LogP contribution in [0.3, 0.4) is 0 Å². The van der Waals surface area contributed by atoms with Gasteiger partial charge in [0.05, 0.1) is 21.2 Å². The Kier molecular flexibility index (Phi) is 6.68. The van der Waals surface area contributed by atoms with E-state index in [0.29, 0.717) is 60.7 Å². The molecule has 2 fully saturated rings. The number of rotatable bonds is 5. The van der Waals surface area contributed by atoms with E-state index in [9.17, 15) is 13.2 Å². The number of fused-ring (bicyclic) bond motifs is 1. The molecule has 0 saturated carbocycles. The van der Waals surface area contributed by atoms with E-state index >= 15 is 0 Å². The third-order valence-electron chi connectivity index (χ3n) is 6.13. The van der Waals surface area contributed by atoms with E-state index in [1.54, 1.807) is 30.2 Å². The minimum absolute atomic E-state index is 0.141. The highest BCUT2D eigenvalue weighted by Gasteiger charge is 2.42. The van der Waals surface area contributed by atoms with Crippen LogP contribution in [0.4, 0.5) is 5.13 Å². The summed E-state index contributed by atoms with van der Waals surface area (Å²) >= 11 is 14.8. The molecule has 8 nitrogen and oxygen atoms in total. The summed E-state index contributed by atoms with van der Waals surface area (Å²) in [7, 11) is -2.15. The number of thiazole rings is 1. The zero-order chi connectivity index (χ0) is 24.0. The van der Waals surface area contributed by atoms with Gasteiger partial charge in [-0.1, -0.05) is 34.5 Å². The number of carbonyl (C=O) groups is 1.